The molecule has 4 heteroatoms. The van der Waals surface area contributed by atoms with E-state index in [0.717, 1.165) is 22.2 Å². The van der Waals surface area contributed by atoms with Crippen LogP contribution in [0.15, 0.2) is 21.0 Å². The van der Waals surface area contributed by atoms with E-state index in [1.54, 1.807) is 6.07 Å². The van der Waals surface area contributed by atoms with Crippen molar-refractivity contribution in [1.82, 2.24) is 5.32 Å². The van der Waals surface area contributed by atoms with Gasteiger partial charge in [-0.3, -0.25) is 0 Å². The number of halogens is 2. The van der Waals surface area contributed by atoms with Crippen molar-refractivity contribution in [2.75, 3.05) is 0 Å². The first-order valence-electron chi connectivity index (χ1n) is 6.16. The molecule has 1 N–H and O–H groups in total. The molecule has 0 aliphatic rings. The summed E-state index contributed by atoms with van der Waals surface area (Å²) >= 11 is 3.41. The maximum Gasteiger partial charge on any atom is 0.151 e. The van der Waals surface area contributed by atoms with Crippen molar-refractivity contribution in [3.8, 4) is 0 Å². The first-order chi connectivity index (χ1) is 8.54. The second-order valence-electron chi connectivity index (χ2n) is 4.63. The van der Waals surface area contributed by atoms with Gasteiger partial charge in [-0.2, -0.15) is 0 Å². The molecule has 0 aliphatic carbocycles. The van der Waals surface area contributed by atoms with Crippen molar-refractivity contribution in [3.63, 3.8) is 0 Å². The van der Waals surface area contributed by atoms with E-state index in [2.05, 4.69) is 35.1 Å². The van der Waals surface area contributed by atoms with Gasteiger partial charge in [0.15, 0.2) is 5.58 Å². The zero-order chi connectivity index (χ0) is 13.3. The summed E-state index contributed by atoms with van der Waals surface area (Å²) in [6.45, 7) is 6.79. The molecule has 98 valence electrons. The van der Waals surface area contributed by atoms with Crippen LogP contribution in [0.3, 0.4) is 0 Å². The van der Waals surface area contributed by atoms with E-state index in [9.17, 15) is 4.39 Å². The van der Waals surface area contributed by atoms with Crippen LogP contribution in [0.5, 0.6) is 0 Å². The van der Waals surface area contributed by atoms with Crippen molar-refractivity contribution in [1.29, 1.82) is 0 Å². The van der Waals surface area contributed by atoms with Gasteiger partial charge in [0.25, 0.3) is 0 Å². The van der Waals surface area contributed by atoms with Gasteiger partial charge in [0.2, 0.25) is 0 Å². The third kappa shape index (κ3) is 2.45. The standard InChI is InChI=1S/C14H17BrFNO/c1-4-9-12(7-17-8(2)3)18-14-10(15)5-6-11(16)13(9)14/h5-6,8,17H,4,7H2,1-3H3. The molecule has 0 amide bonds. The molecular formula is C14H17BrFNO. The first-order valence-corrected chi connectivity index (χ1v) is 6.95. The largest absolute Gasteiger partial charge is 0.458 e. The smallest absolute Gasteiger partial charge is 0.151 e. The quantitative estimate of drug-likeness (QED) is 0.905. The van der Waals surface area contributed by atoms with Crippen LogP contribution in [0.1, 0.15) is 32.1 Å². The molecule has 0 atom stereocenters. The summed E-state index contributed by atoms with van der Waals surface area (Å²) in [5.74, 6) is 0.608. The highest BCUT2D eigenvalue weighted by molar-refractivity contribution is 9.10. The molecule has 0 spiro atoms. The van der Waals surface area contributed by atoms with Crippen LogP contribution in [-0.4, -0.2) is 6.04 Å². The molecule has 18 heavy (non-hydrogen) atoms. The zero-order valence-corrected chi connectivity index (χ0v) is 12.4. The lowest BCUT2D eigenvalue weighted by Crippen LogP contribution is -2.22. The van der Waals surface area contributed by atoms with Crippen LogP contribution >= 0.6 is 15.9 Å². The minimum absolute atomic E-state index is 0.218. The fourth-order valence-corrected chi connectivity index (χ4v) is 2.46. The van der Waals surface area contributed by atoms with Crippen LogP contribution in [0.25, 0.3) is 11.0 Å². The molecule has 0 saturated heterocycles. The van der Waals surface area contributed by atoms with Crippen LogP contribution < -0.4 is 5.32 Å². The van der Waals surface area contributed by atoms with E-state index in [-0.39, 0.29) is 5.82 Å². The van der Waals surface area contributed by atoms with Crippen LogP contribution in [0, 0.1) is 5.82 Å². The lowest BCUT2D eigenvalue weighted by molar-refractivity contribution is 0.483. The summed E-state index contributed by atoms with van der Waals surface area (Å²) in [6.07, 6.45) is 0.759. The van der Waals surface area contributed by atoms with Gasteiger partial charge in [0.05, 0.1) is 16.4 Å². The summed E-state index contributed by atoms with van der Waals surface area (Å²) < 4.78 is 20.5. The highest BCUT2D eigenvalue weighted by atomic mass is 79.9. The Morgan fingerprint density at radius 1 is 1.39 bits per heavy atom. The molecule has 0 radical (unpaired) electrons. The lowest BCUT2D eigenvalue weighted by Gasteiger charge is -2.06. The molecule has 0 unspecified atom stereocenters. The second kappa shape index (κ2) is 5.41. The van der Waals surface area contributed by atoms with Gasteiger partial charge in [0.1, 0.15) is 11.6 Å². The van der Waals surface area contributed by atoms with Gasteiger partial charge in [-0.05, 0) is 34.5 Å². The number of nitrogens with one attached hydrogen (secondary N) is 1. The van der Waals surface area contributed by atoms with Gasteiger partial charge in [-0.25, -0.2) is 4.39 Å². The summed E-state index contributed by atoms with van der Waals surface area (Å²) in [6, 6.07) is 3.53. The average molecular weight is 314 g/mol. The Morgan fingerprint density at radius 3 is 2.72 bits per heavy atom. The minimum atomic E-state index is -0.218. The number of furan rings is 1. The highest BCUT2D eigenvalue weighted by Gasteiger charge is 2.18. The van der Waals surface area contributed by atoms with E-state index in [1.807, 2.05) is 6.92 Å². The van der Waals surface area contributed by atoms with Crippen LogP contribution in [-0.2, 0) is 13.0 Å². The minimum Gasteiger partial charge on any atom is -0.458 e. The average Bonchev–Trinajstić information content (AvgIpc) is 2.71. The zero-order valence-electron chi connectivity index (χ0n) is 10.8. The number of fused-ring (bicyclic) bond motifs is 1. The third-order valence-corrected chi connectivity index (χ3v) is 3.57. The fourth-order valence-electron chi connectivity index (χ4n) is 2.05. The Labute approximate surface area is 115 Å². The van der Waals surface area contributed by atoms with E-state index in [4.69, 9.17) is 4.42 Å². The van der Waals surface area contributed by atoms with Gasteiger partial charge in [-0.1, -0.05) is 20.8 Å². The molecule has 2 aromatic rings. The number of hydrogen-bond donors (Lipinski definition) is 1. The topological polar surface area (TPSA) is 25.2 Å². The maximum atomic E-state index is 13.9. The van der Waals surface area contributed by atoms with Crippen molar-refractivity contribution >= 4 is 26.9 Å². The predicted octanol–water partition coefficient (Wildman–Crippen LogP) is 4.39. The van der Waals surface area contributed by atoms with E-state index < -0.39 is 0 Å². The van der Waals surface area contributed by atoms with Gasteiger partial charge < -0.3 is 9.73 Å². The molecule has 0 aliphatic heterocycles. The van der Waals surface area contributed by atoms with Crippen molar-refractivity contribution in [3.05, 3.63) is 33.7 Å². The molecule has 2 nitrogen and oxygen atoms in total. The molecule has 1 aromatic carbocycles. The second-order valence-corrected chi connectivity index (χ2v) is 5.48. The monoisotopic (exact) mass is 313 g/mol. The van der Waals surface area contributed by atoms with E-state index >= 15 is 0 Å². The predicted molar refractivity (Wildman–Crippen MR) is 75.2 cm³/mol. The molecule has 1 aromatic heterocycles. The Bertz CT molecular complexity index is 562. The maximum absolute atomic E-state index is 13.9. The molecular weight excluding hydrogens is 297 g/mol. The third-order valence-electron chi connectivity index (χ3n) is 2.95. The van der Waals surface area contributed by atoms with Gasteiger partial charge in [-0.15, -0.1) is 0 Å². The fraction of sp³-hybridized carbons (Fsp3) is 0.429. The molecule has 0 bridgehead atoms. The Kier molecular flexibility index (Phi) is 4.07. The normalized spacial score (nSPS) is 11.7. The molecule has 0 fully saturated rings. The summed E-state index contributed by atoms with van der Waals surface area (Å²) in [5.41, 5.74) is 1.56. The van der Waals surface area contributed by atoms with Gasteiger partial charge >= 0.3 is 0 Å². The van der Waals surface area contributed by atoms with Crippen LogP contribution in [0.4, 0.5) is 4.39 Å². The van der Waals surface area contributed by atoms with Crippen molar-refractivity contribution in [2.24, 2.45) is 0 Å². The summed E-state index contributed by atoms with van der Waals surface area (Å²) in [5, 5.41) is 3.91. The molecule has 0 saturated carbocycles. The van der Waals surface area contributed by atoms with Gasteiger partial charge in [0, 0.05) is 11.6 Å². The number of benzene rings is 1. The van der Waals surface area contributed by atoms with Crippen molar-refractivity contribution < 1.29 is 8.81 Å². The number of aryl methyl sites for hydroxylation is 1. The van der Waals surface area contributed by atoms with Crippen molar-refractivity contribution in [2.45, 2.75) is 39.8 Å². The van der Waals surface area contributed by atoms with Crippen LogP contribution in [0.2, 0.25) is 0 Å². The lowest BCUT2D eigenvalue weighted by atomic mass is 10.1. The Balaban J connectivity index is 2.54. The Morgan fingerprint density at radius 2 is 2.11 bits per heavy atom. The summed E-state index contributed by atoms with van der Waals surface area (Å²) in [7, 11) is 0. The molecule has 2 rings (SSSR count). The number of rotatable bonds is 4. The number of hydrogen-bond acceptors (Lipinski definition) is 2. The SMILES string of the molecule is CCc1c(CNC(C)C)oc2c(Br)ccc(F)c12. The highest BCUT2D eigenvalue weighted by Crippen LogP contribution is 2.33. The van der Waals surface area contributed by atoms with E-state index in [1.165, 1.54) is 6.07 Å². The first kappa shape index (κ1) is 13.6. The summed E-state index contributed by atoms with van der Waals surface area (Å²) in [4.78, 5) is 0. The Hall–Kier alpha value is -0.870. The van der Waals surface area contributed by atoms with E-state index in [0.29, 0.717) is 23.6 Å². The molecule has 1 heterocycles.